The minimum atomic E-state index is -0.322. The summed E-state index contributed by atoms with van der Waals surface area (Å²) in [5.74, 6) is -0.464. The highest BCUT2D eigenvalue weighted by molar-refractivity contribution is 9.10. The number of amides is 2. The number of piperidine rings is 1. The van der Waals surface area contributed by atoms with Crippen LogP contribution in [0.4, 0.5) is 11.4 Å². The fourth-order valence-electron chi connectivity index (χ4n) is 3.77. The maximum atomic E-state index is 12.6. The lowest BCUT2D eigenvalue weighted by atomic mass is 10.0. The normalized spacial score (nSPS) is 14.1. The summed E-state index contributed by atoms with van der Waals surface area (Å²) in [4.78, 5) is 31.1. The fraction of sp³-hybridized carbons (Fsp3) is 0.240. The summed E-state index contributed by atoms with van der Waals surface area (Å²) in [5, 5.41) is 6.30. The van der Waals surface area contributed by atoms with E-state index in [9.17, 15) is 9.59 Å². The van der Waals surface area contributed by atoms with Gasteiger partial charge in [0.2, 0.25) is 11.8 Å². The highest BCUT2D eigenvalue weighted by Crippen LogP contribution is 2.25. The van der Waals surface area contributed by atoms with Gasteiger partial charge in [-0.05, 0) is 53.0 Å². The van der Waals surface area contributed by atoms with Crippen molar-refractivity contribution in [1.29, 1.82) is 0 Å². The number of pyridine rings is 1. The number of likely N-dealkylation sites (tertiary alicyclic amines) is 1. The van der Waals surface area contributed by atoms with Gasteiger partial charge in [0.15, 0.2) is 0 Å². The van der Waals surface area contributed by atoms with Crippen molar-refractivity contribution in [3.05, 3.63) is 77.4 Å². The third-order valence-corrected chi connectivity index (χ3v) is 6.20. The monoisotopic (exact) mass is 492 g/mol. The number of carbonyl (C=O) groups excluding carboxylic acids is 2. The quantitative estimate of drug-likeness (QED) is 0.477. The largest absolute Gasteiger partial charge is 0.381 e. The van der Waals surface area contributed by atoms with Gasteiger partial charge in [0.25, 0.3) is 0 Å². The second-order valence-electron chi connectivity index (χ2n) is 7.80. The van der Waals surface area contributed by atoms with E-state index in [1.807, 2.05) is 60.7 Å². The second-order valence-corrected chi connectivity index (χ2v) is 8.66. The number of hydrogen-bond acceptors (Lipinski definition) is 4. The Labute approximate surface area is 196 Å². The molecular formula is C25H25BrN4O2. The summed E-state index contributed by atoms with van der Waals surface area (Å²) < 4.78 is 1.03. The smallest absolute Gasteiger partial charge is 0.233 e. The summed E-state index contributed by atoms with van der Waals surface area (Å²) in [6, 6.07) is 21.8. The van der Waals surface area contributed by atoms with Crippen LogP contribution in [0.25, 0.3) is 11.3 Å². The maximum Gasteiger partial charge on any atom is 0.233 e. The molecule has 0 bridgehead atoms. The molecule has 0 aliphatic carbocycles. The molecule has 2 amide bonds. The molecule has 1 aliphatic heterocycles. The number of rotatable bonds is 6. The first-order chi connectivity index (χ1) is 15.6. The third kappa shape index (κ3) is 5.73. The number of halogens is 1. The molecular weight excluding hydrogens is 468 g/mol. The molecule has 4 rings (SSSR count). The van der Waals surface area contributed by atoms with Gasteiger partial charge in [-0.25, -0.2) is 0 Å². The summed E-state index contributed by atoms with van der Waals surface area (Å²) in [7, 11) is 0. The summed E-state index contributed by atoms with van der Waals surface area (Å²) in [6.07, 6.45) is 3.14. The predicted molar refractivity (Wildman–Crippen MR) is 130 cm³/mol. The molecule has 0 saturated carbocycles. The highest BCUT2D eigenvalue weighted by atomic mass is 79.9. The Hall–Kier alpha value is -3.19. The molecule has 0 atom stereocenters. The van der Waals surface area contributed by atoms with Crippen LogP contribution in [0, 0.1) is 0 Å². The van der Waals surface area contributed by atoms with Gasteiger partial charge in [-0.1, -0.05) is 42.5 Å². The van der Waals surface area contributed by atoms with Crippen molar-refractivity contribution in [3.8, 4) is 11.3 Å². The molecule has 1 fully saturated rings. The van der Waals surface area contributed by atoms with Crippen LogP contribution in [-0.4, -0.2) is 40.8 Å². The van der Waals surface area contributed by atoms with Crippen LogP contribution in [0.2, 0.25) is 0 Å². The molecule has 2 aromatic carbocycles. The lowest BCUT2D eigenvalue weighted by molar-refractivity contribution is -0.135. The molecule has 2 heterocycles. The number of nitrogens with one attached hydrogen (secondary N) is 2. The van der Waals surface area contributed by atoms with E-state index < -0.39 is 0 Å². The minimum Gasteiger partial charge on any atom is -0.381 e. The van der Waals surface area contributed by atoms with Crippen LogP contribution in [0.15, 0.2) is 77.4 Å². The molecule has 0 spiro atoms. The number of aromatic nitrogens is 1. The number of carbonyl (C=O) groups is 2. The van der Waals surface area contributed by atoms with E-state index >= 15 is 0 Å². The van der Waals surface area contributed by atoms with Crippen molar-refractivity contribution in [1.82, 2.24) is 9.88 Å². The number of para-hydroxylation sites is 1. The van der Waals surface area contributed by atoms with E-state index in [1.54, 1.807) is 17.2 Å². The summed E-state index contributed by atoms with van der Waals surface area (Å²) in [6.45, 7) is 1.28. The average molecular weight is 493 g/mol. The van der Waals surface area contributed by atoms with E-state index in [0.717, 1.165) is 34.3 Å². The Morgan fingerprint density at radius 3 is 2.38 bits per heavy atom. The van der Waals surface area contributed by atoms with E-state index in [1.165, 1.54) is 0 Å². The molecule has 7 heteroatoms. The first-order valence-corrected chi connectivity index (χ1v) is 11.5. The van der Waals surface area contributed by atoms with Gasteiger partial charge in [-0.3, -0.25) is 14.6 Å². The first-order valence-electron chi connectivity index (χ1n) is 10.7. The molecule has 3 aromatic rings. The average Bonchev–Trinajstić information content (AvgIpc) is 2.82. The van der Waals surface area contributed by atoms with Crippen LogP contribution in [0.1, 0.15) is 19.3 Å². The fourth-order valence-corrected chi connectivity index (χ4v) is 4.17. The van der Waals surface area contributed by atoms with E-state index in [2.05, 4.69) is 31.5 Å². The van der Waals surface area contributed by atoms with Crippen LogP contribution in [0.5, 0.6) is 0 Å². The SMILES string of the molecule is O=C(CC(=O)N1CCC(Nc2ccccc2Br)CC1)Nc1ccc(-c2ccccc2)nc1. The highest BCUT2D eigenvalue weighted by Gasteiger charge is 2.24. The van der Waals surface area contributed by atoms with Crippen molar-refractivity contribution in [2.24, 2.45) is 0 Å². The summed E-state index contributed by atoms with van der Waals surface area (Å²) in [5.41, 5.74) is 3.49. The molecule has 0 radical (unpaired) electrons. The van der Waals surface area contributed by atoms with E-state index in [4.69, 9.17) is 0 Å². The number of hydrogen-bond donors (Lipinski definition) is 2. The van der Waals surface area contributed by atoms with Gasteiger partial charge >= 0.3 is 0 Å². The van der Waals surface area contributed by atoms with Gasteiger partial charge in [0.1, 0.15) is 6.42 Å². The van der Waals surface area contributed by atoms with Crippen molar-refractivity contribution in [3.63, 3.8) is 0 Å². The Morgan fingerprint density at radius 1 is 0.969 bits per heavy atom. The van der Waals surface area contributed by atoms with E-state index in [-0.39, 0.29) is 18.2 Å². The lowest BCUT2D eigenvalue weighted by Gasteiger charge is -2.33. The molecule has 2 N–H and O–H groups in total. The van der Waals surface area contributed by atoms with Crippen LogP contribution in [0.3, 0.4) is 0 Å². The second kappa shape index (κ2) is 10.4. The van der Waals surface area contributed by atoms with Gasteiger partial charge < -0.3 is 15.5 Å². The molecule has 164 valence electrons. The molecule has 6 nitrogen and oxygen atoms in total. The Kier molecular flexibility index (Phi) is 7.17. The zero-order chi connectivity index (χ0) is 22.3. The van der Waals surface area contributed by atoms with Gasteiger partial charge in [0.05, 0.1) is 17.6 Å². The van der Waals surface area contributed by atoms with Gasteiger partial charge in [-0.15, -0.1) is 0 Å². The van der Waals surface area contributed by atoms with E-state index in [0.29, 0.717) is 24.8 Å². The standard InChI is InChI=1S/C25H25BrN4O2/c26-21-8-4-5-9-23(21)28-19-12-14-30(15-13-19)25(32)16-24(31)29-20-10-11-22(27-17-20)18-6-2-1-3-7-18/h1-11,17,19,28H,12-16H2,(H,29,31). The minimum absolute atomic E-state index is 0.143. The van der Waals surface area contributed by atoms with Crippen molar-refractivity contribution in [2.75, 3.05) is 23.7 Å². The van der Waals surface area contributed by atoms with Gasteiger partial charge in [-0.2, -0.15) is 0 Å². The third-order valence-electron chi connectivity index (χ3n) is 5.51. The molecule has 1 aliphatic rings. The summed E-state index contributed by atoms with van der Waals surface area (Å²) >= 11 is 3.55. The Morgan fingerprint density at radius 2 is 1.69 bits per heavy atom. The predicted octanol–water partition coefficient (Wildman–Crippen LogP) is 4.94. The van der Waals surface area contributed by atoms with Gasteiger partial charge in [0, 0.05) is 34.9 Å². The topological polar surface area (TPSA) is 74.3 Å². The zero-order valence-electron chi connectivity index (χ0n) is 17.6. The van der Waals surface area contributed by atoms with Crippen molar-refractivity contribution >= 4 is 39.1 Å². The molecule has 1 aromatic heterocycles. The van der Waals surface area contributed by atoms with Crippen LogP contribution >= 0.6 is 15.9 Å². The lowest BCUT2D eigenvalue weighted by Crippen LogP contribution is -2.43. The Balaban J connectivity index is 1.24. The molecule has 0 unspecified atom stereocenters. The molecule has 1 saturated heterocycles. The van der Waals surface area contributed by atoms with Crippen molar-refractivity contribution in [2.45, 2.75) is 25.3 Å². The maximum absolute atomic E-state index is 12.6. The van der Waals surface area contributed by atoms with Crippen LogP contribution < -0.4 is 10.6 Å². The van der Waals surface area contributed by atoms with Crippen molar-refractivity contribution < 1.29 is 9.59 Å². The first kappa shape index (κ1) is 22.0. The molecule has 32 heavy (non-hydrogen) atoms. The van der Waals surface area contributed by atoms with Crippen LogP contribution in [-0.2, 0) is 9.59 Å². The number of nitrogens with zero attached hydrogens (tertiary/aromatic N) is 2. The zero-order valence-corrected chi connectivity index (χ0v) is 19.2. The number of benzene rings is 2. The Bertz CT molecular complexity index is 1060. The number of anilines is 2.